The van der Waals surface area contributed by atoms with E-state index in [-0.39, 0.29) is 5.03 Å². The lowest BCUT2D eigenvalue weighted by atomic mass is 9.99. The van der Waals surface area contributed by atoms with Gasteiger partial charge in [-0.2, -0.15) is 8.42 Å². The van der Waals surface area contributed by atoms with E-state index >= 15 is 0 Å². The number of amides is 2. The first kappa shape index (κ1) is 17.7. The number of carbonyl (C=O) groups excluding carboxylic acids is 1. The van der Waals surface area contributed by atoms with Gasteiger partial charge in [0.25, 0.3) is 10.0 Å². The monoisotopic (exact) mass is 387 g/mol. The molecule has 1 aromatic carbocycles. The van der Waals surface area contributed by atoms with Gasteiger partial charge in [0, 0.05) is 12.7 Å². The first-order chi connectivity index (χ1) is 13.0. The van der Waals surface area contributed by atoms with Gasteiger partial charge in [-0.1, -0.05) is 6.07 Å². The summed E-state index contributed by atoms with van der Waals surface area (Å²) in [5.74, 6) is 0.439. The van der Waals surface area contributed by atoms with Gasteiger partial charge < -0.3 is 10.6 Å². The summed E-state index contributed by atoms with van der Waals surface area (Å²) in [6.45, 7) is 0. The molecule has 0 aliphatic heterocycles. The Morgan fingerprint density at radius 3 is 2.22 bits per heavy atom. The van der Waals surface area contributed by atoms with Crippen molar-refractivity contribution in [3.8, 4) is 0 Å². The fraction of sp³-hybridized carbons (Fsp3) is 0.389. The Bertz CT molecular complexity index is 970. The third kappa shape index (κ3) is 3.34. The quantitative estimate of drug-likeness (QED) is 0.740. The summed E-state index contributed by atoms with van der Waals surface area (Å²) >= 11 is 0. The van der Waals surface area contributed by atoms with E-state index < -0.39 is 16.1 Å². The molecule has 142 valence electrons. The van der Waals surface area contributed by atoms with Crippen LogP contribution in [0.15, 0.2) is 23.2 Å². The molecule has 2 amide bonds. The molecule has 0 saturated carbocycles. The molecule has 0 fully saturated rings. The highest BCUT2D eigenvalue weighted by Crippen LogP contribution is 2.38. The lowest BCUT2D eigenvalue weighted by Gasteiger charge is -2.16. The van der Waals surface area contributed by atoms with E-state index in [1.807, 2.05) is 4.72 Å². The van der Waals surface area contributed by atoms with Crippen molar-refractivity contribution in [2.75, 3.05) is 17.7 Å². The van der Waals surface area contributed by atoms with Crippen molar-refractivity contribution in [3.05, 3.63) is 40.5 Å². The molecular weight excluding hydrogens is 366 g/mol. The fourth-order valence-corrected chi connectivity index (χ4v) is 4.67. The van der Waals surface area contributed by atoms with Crippen LogP contribution in [-0.2, 0) is 35.7 Å². The molecule has 9 heteroatoms. The van der Waals surface area contributed by atoms with Crippen LogP contribution in [0.25, 0.3) is 0 Å². The third-order valence-electron chi connectivity index (χ3n) is 5.11. The van der Waals surface area contributed by atoms with Crippen molar-refractivity contribution in [1.29, 1.82) is 0 Å². The Hall–Kier alpha value is -2.68. The molecule has 0 unspecified atom stereocenters. The third-order valence-corrected chi connectivity index (χ3v) is 6.33. The summed E-state index contributed by atoms with van der Waals surface area (Å²) in [7, 11) is -2.44. The Kier molecular flexibility index (Phi) is 4.47. The zero-order valence-electron chi connectivity index (χ0n) is 15.0. The van der Waals surface area contributed by atoms with Crippen molar-refractivity contribution in [1.82, 2.24) is 14.9 Å². The second kappa shape index (κ2) is 6.80. The highest BCUT2D eigenvalue weighted by Gasteiger charge is 2.26. The zero-order chi connectivity index (χ0) is 19.0. The molecule has 1 heterocycles. The normalized spacial score (nSPS) is 15.1. The fourth-order valence-electron chi connectivity index (χ4n) is 3.88. The average Bonchev–Trinajstić information content (AvgIpc) is 3.30. The maximum Gasteiger partial charge on any atom is 0.333 e. The topological polar surface area (TPSA) is 113 Å². The molecule has 8 nitrogen and oxygen atoms in total. The molecule has 0 saturated heterocycles. The van der Waals surface area contributed by atoms with Crippen LogP contribution in [0, 0.1) is 0 Å². The Balaban J connectivity index is 1.56. The second-order valence-electron chi connectivity index (χ2n) is 6.80. The highest BCUT2D eigenvalue weighted by atomic mass is 32.2. The molecule has 0 radical (unpaired) electrons. The number of rotatable bonds is 4. The molecule has 27 heavy (non-hydrogen) atoms. The minimum absolute atomic E-state index is 0.305. The van der Waals surface area contributed by atoms with E-state index in [0.717, 1.165) is 55.3 Å². The maximum absolute atomic E-state index is 12.5. The minimum Gasteiger partial charge on any atom is -0.372 e. The minimum atomic E-state index is -4.10. The van der Waals surface area contributed by atoms with Crippen LogP contribution >= 0.6 is 0 Å². The summed E-state index contributed by atoms with van der Waals surface area (Å²) in [6, 6.07) is 4.26. The molecular formula is C18H21N5O3S. The van der Waals surface area contributed by atoms with Crippen LogP contribution in [-0.4, -0.2) is 31.7 Å². The SMILES string of the molecule is CNc1ccc(S(=O)(=O)NC(=O)Nc2c3c(cc4c2CCC4)CCC3)nn1. The number of carbonyl (C=O) groups is 1. The number of benzene rings is 1. The van der Waals surface area contributed by atoms with Crippen molar-refractivity contribution in [3.63, 3.8) is 0 Å². The van der Waals surface area contributed by atoms with Crippen LogP contribution in [0.1, 0.15) is 35.1 Å². The van der Waals surface area contributed by atoms with E-state index in [2.05, 4.69) is 26.9 Å². The van der Waals surface area contributed by atoms with Crippen molar-refractivity contribution in [2.45, 2.75) is 43.6 Å². The summed E-state index contributed by atoms with van der Waals surface area (Å²) in [5, 5.41) is 12.6. The number of nitrogens with zero attached hydrogens (tertiary/aromatic N) is 2. The lowest BCUT2D eigenvalue weighted by Crippen LogP contribution is -2.35. The summed E-state index contributed by atoms with van der Waals surface area (Å²) in [4.78, 5) is 12.5. The molecule has 1 aromatic heterocycles. The largest absolute Gasteiger partial charge is 0.372 e. The number of sulfonamides is 1. The average molecular weight is 387 g/mol. The smallest absolute Gasteiger partial charge is 0.333 e. The maximum atomic E-state index is 12.5. The van der Waals surface area contributed by atoms with Gasteiger partial charge in [-0.3, -0.25) is 0 Å². The molecule has 2 aromatic rings. The number of hydrogen-bond acceptors (Lipinski definition) is 6. The Morgan fingerprint density at radius 2 is 1.67 bits per heavy atom. The van der Waals surface area contributed by atoms with Gasteiger partial charge in [0.05, 0.1) is 0 Å². The van der Waals surface area contributed by atoms with Gasteiger partial charge >= 0.3 is 6.03 Å². The van der Waals surface area contributed by atoms with E-state index in [4.69, 9.17) is 0 Å². The van der Waals surface area contributed by atoms with Crippen LogP contribution in [0.2, 0.25) is 0 Å². The number of nitrogens with one attached hydrogen (secondary N) is 3. The lowest BCUT2D eigenvalue weighted by molar-refractivity contribution is 0.256. The molecule has 0 bridgehead atoms. The van der Waals surface area contributed by atoms with E-state index in [0.29, 0.717) is 5.82 Å². The van der Waals surface area contributed by atoms with Crippen molar-refractivity contribution < 1.29 is 13.2 Å². The van der Waals surface area contributed by atoms with Gasteiger partial charge in [0.1, 0.15) is 5.82 Å². The van der Waals surface area contributed by atoms with Crippen LogP contribution in [0.4, 0.5) is 16.3 Å². The van der Waals surface area contributed by atoms with Crippen LogP contribution in [0.5, 0.6) is 0 Å². The first-order valence-electron chi connectivity index (χ1n) is 9.00. The predicted molar refractivity (Wildman–Crippen MR) is 101 cm³/mol. The first-order valence-corrected chi connectivity index (χ1v) is 10.5. The number of fused-ring (bicyclic) bond motifs is 2. The highest BCUT2D eigenvalue weighted by molar-refractivity contribution is 7.90. The van der Waals surface area contributed by atoms with E-state index in [1.54, 1.807) is 7.05 Å². The van der Waals surface area contributed by atoms with Crippen LogP contribution in [0.3, 0.4) is 0 Å². The summed E-state index contributed by atoms with van der Waals surface area (Å²) in [5.41, 5.74) is 5.61. The van der Waals surface area contributed by atoms with Gasteiger partial charge in [0.15, 0.2) is 5.03 Å². The summed E-state index contributed by atoms with van der Waals surface area (Å²) < 4.78 is 26.9. The second-order valence-corrected chi connectivity index (χ2v) is 8.43. The predicted octanol–water partition coefficient (Wildman–Crippen LogP) is 2.01. The molecule has 3 N–H and O–H groups in total. The van der Waals surface area contributed by atoms with Crippen molar-refractivity contribution >= 4 is 27.6 Å². The van der Waals surface area contributed by atoms with E-state index in [1.165, 1.54) is 23.3 Å². The molecule has 2 aliphatic rings. The van der Waals surface area contributed by atoms with Gasteiger partial charge in [0.2, 0.25) is 0 Å². The number of anilines is 2. The van der Waals surface area contributed by atoms with Gasteiger partial charge in [-0.05, 0) is 72.9 Å². The van der Waals surface area contributed by atoms with E-state index in [9.17, 15) is 13.2 Å². The van der Waals surface area contributed by atoms with Crippen LogP contribution < -0.4 is 15.4 Å². The molecule has 4 rings (SSSR count). The molecule has 2 aliphatic carbocycles. The molecule has 0 spiro atoms. The van der Waals surface area contributed by atoms with Crippen molar-refractivity contribution in [2.24, 2.45) is 0 Å². The zero-order valence-corrected chi connectivity index (χ0v) is 15.8. The Morgan fingerprint density at radius 1 is 1.00 bits per heavy atom. The summed E-state index contributed by atoms with van der Waals surface area (Å²) in [6.07, 6.45) is 5.93. The number of urea groups is 1. The standard InChI is InChI=1S/C18H21N5O3S/c1-19-15-8-9-16(22-21-15)27(25,26)23-18(24)20-17-13-6-2-4-11(13)10-12-5-3-7-14(12)17/h8-10H,2-7H2,1H3,(H,19,21)(H2,20,23,24). The van der Waals surface area contributed by atoms with Gasteiger partial charge in [-0.15, -0.1) is 10.2 Å². The number of hydrogen-bond donors (Lipinski definition) is 3. The molecule has 0 atom stereocenters. The Labute approximate surface area is 157 Å². The van der Waals surface area contributed by atoms with Gasteiger partial charge in [-0.25, -0.2) is 9.52 Å². The number of aromatic nitrogens is 2. The number of aryl methyl sites for hydroxylation is 2.